The van der Waals surface area contributed by atoms with Crippen LogP contribution in [0.3, 0.4) is 0 Å². The van der Waals surface area contributed by atoms with Crippen molar-refractivity contribution in [3.8, 4) is 0 Å². The first-order valence-electron chi connectivity index (χ1n) is 12.5. The zero-order valence-corrected chi connectivity index (χ0v) is 21.4. The van der Waals surface area contributed by atoms with Gasteiger partial charge in [-0.2, -0.15) is 0 Å². The molecule has 0 fully saturated rings. The van der Waals surface area contributed by atoms with E-state index in [1.165, 1.54) is 45.0 Å². The third-order valence-corrected chi connectivity index (χ3v) is 6.81. The molecule has 5 rings (SSSR count). The molecular weight excluding hydrogens is 436 g/mol. The highest BCUT2D eigenvalue weighted by molar-refractivity contribution is 5.88. The fraction of sp³-hybridized carbons (Fsp3) is 0.118. The summed E-state index contributed by atoms with van der Waals surface area (Å²) in [5.41, 5.74) is 12.0. The van der Waals surface area contributed by atoms with Crippen molar-refractivity contribution in [3.05, 3.63) is 144 Å². The predicted molar refractivity (Wildman–Crippen MR) is 155 cm³/mol. The summed E-state index contributed by atoms with van der Waals surface area (Å²) in [5.74, 6) is 0. The Morgan fingerprint density at radius 3 is 1.33 bits per heavy atom. The van der Waals surface area contributed by atoms with Crippen LogP contribution in [0.2, 0.25) is 0 Å². The van der Waals surface area contributed by atoms with Gasteiger partial charge in [0.1, 0.15) is 0 Å². The standard InChI is InChI=1S/C34H32N2/c1-25-15-11-13-21-31(25)35(29-17-7-5-8-18-29)33-24-23-27(3)34(28(33)4)36(30-19-9-6-10-20-30)32-22-14-12-16-26(32)2/h5-24H,1-4H3. The maximum absolute atomic E-state index is 2.41. The third kappa shape index (κ3) is 4.38. The molecule has 0 N–H and O–H groups in total. The molecule has 0 unspecified atom stereocenters. The van der Waals surface area contributed by atoms with Gasteiger partial charge in [-0.1, -0.05) is 78.9 Å². The van der Waals surface area contributed by atoms with Crippen LogP contribution in [-0.2, 0) is 0 Å². The van der Waals surface area contributed by atoms with Crippen molar-refractivity contribution in [2.24, 2.45) is 0 Å². The number of hydrogen-bond acceptors (Lipinski definition) is 2. The molecule has 0 saturated carbocycles. The van der Waals surface area contributed by atoms with Gasteiger partial charge in [-0.15, -0.1) is 0 Å². The van der Waals surface area contributed by atoms with Gasteiger partial charge < -0.3 is 9.80 Å². The van der Waals surface area contributed by atoms with Crippen LogP contribution in [0.4, 0.5) is 34.1 Å². The fourth-order valence-electron chi connectivity index (χ4n) is 4.99. The topological polar surface area (TPSA) is 6.48 Å². The number of nitrogens with zero attached hydrogens (tertiary/aromatic N) is 2. The largest absolute Gasteiger partial charge is 0.310 e. The molecule has 2 heteroatoms. The van der Waals surface area contributed by atoms with Crippen molar-refractivity contribution >= 4 is 34.1 Å². The van der Waals surface area contributed by atoms with Crippen LogP contribution in [-0.4, -0.2) is 0 Å². The minimum Gasteiger partial charge on any atom is -0.310 e. The summed E-state index contributed by atoms with van der Waals surface area (Å²) in [7, 11) is 0. The van der Waals surface area contributed by atoms with Crippen LogP contribution >= 0.6 is 0 Å². The Labute approximate surface area is 215 Å². The molecule has 2 nitrogen and oxygen atoms in total. The average molecular weight is 469 g/mol. The minimum absolute atomic E-state index is 1.15. The van der Waals surface area contributed by atoms with E-state index >= 15 is 0 Å². The highest BCUT2D eigenvalue weighted by Gasteiger charge is 2.23. The Kier molecular flexibility index (Phi) is 6.60. The van der Waals surface area contributed by atoms with E-state index in [0.29, 0.717) is 0 Å². The molecule has 0 radical (unpaired) electrons. The van der Waals surface area contributed by atoms with Gasteiger partial charge in [0.05, 0.1) is 11.4 Å². The molecule has 0 saturated heterocycles. The summed E-state index contributed by atoms with van der Waals surface area (Å²) < 4.78 is 0. The second-order valence-electron chi connectivity index (χ2n) is 9.29. The molecule has 0 aliphatic heterocycles. The quantitative estimate of drug-likeness (QED) is 0.245. The maximum Gasteiger partial charge on any atom is 0.0541 e. The second kappa shape index (κ2) is 10.1. The lowest BCUT2D eigenvalue weighted by Crippen LogP contribution is -2.17. The fourth-order valence-corrected chi connectivity index (χ4v) is 4.99. The van der Waals surface area contributed by atoms with E-state index in [0.717, 1.165) is 11.4 Å². The SMILES string of the molecule is Cc1ccccc1N(c1ccccc1)c1ccc(C)c(N(c2ccccc2)c2ccccc2C)c1C. The Morgan fingerprint density at radius 2 is 0.806 bits per heavy atom. The van der Waals surface area contributed by atoms with Crippen molar-refractivity contribution in [3.63, 3.8) is 0 Å². The zero-order chi connectivity index (χ0) is 25.1. The minimum atomic E-state index is 1.15. The maximum atomic E-state index is 2.41. The summed E-state index contributed by atoms with van der Waals surface area (Å²) in [6, 6.07) is 43.1. The Bertz CT molecular complexity index is 1470. The normalized spacial score (nSPS) is 10.8. The number of rotatable bonds is 6. The predicted octanol–water partition coefficient (Wildman–Crippen LogP) is 9.86. The van der Waals surface area contributed by atoms with Crippen molar-refractivity contribution in [2.75, 3.05) is 9.80 Å². The van der Waals surface area contributed by atoms with E-state index in [-0.39, 0.29) is 0 Å². The van der Waals surface area contributed by atoms with Crippen molar-refractivity contribution in [1.29, 1.82) is 0 Å². The van der Waals surface area contributed by atoms with E-state index in [1.54, 1.807) is 0 Å². The Hall–Kier alpha value is -4.30. The lowest BCUT2D eigenvalue weighted by Gasteiger charge is -2.34. The van der Waals surface area contributed by atoms with Crippen molar-refractivity contribution < 1.29 is 0 Å². The van der Waals surface area contributed by atoms with E-state index in [1.807, 2.05) is 0 Å². The molecule has 36 heavy (non-hydrogen) atoms. The van der Waals surface area contributed by atoms with Gasteiger partial charge in [0.2, 0.25) is 0 Å². The number of hydrogen-bond donors (Lipinski definition) is 0. The van der Waals surface area contributed by atoms with E-state index in [9.17, 15) is 0 Å². The average Bonchev–Trinajstić information content (AvgIpc) is 2.91. The van der Waals surface area contributed by atoms with E-state index in [2.05, 4.69) is 159 Å². The summed E-state index contributed by atoms with van der Waals surface area (Å²) >= 11 is 0. The van der Waals surface area contributed by atoms with Crippen LogP contribution in [0.5, 0.6) is 0 Å². The summed E-state index contributed by atoms with van der Waals surface area (Å²) in [6.45, 7) is 8.82. The molecule has 0 amide bonds. The molecule has 5 aromatic carbocycles. The van der Waals surface area contributed by atoms with Gasteiger partial charge in [-0.05, 0) is 92.4 Å². The molecule has 0 aliphatic rings. The number of anilines is 6. The summed E-state index contributed by atoms with van der Waals surface area (Å²) in [4.78, 5) is 4.79. The van der Waals surface area contributed by atoms with Crippen molar-refractivity contribution in [1.82, 2.24) is 0 Å². The molecular formula is C34H32N2. The van der Waals surface area contributed by atoms with Crippen LogP contribution < -0.4 is 9.80 Å². The molecule has 0 aliphatic carbocycles. The summed E-state index contributed by atoms with van der Waals surface area (Å²) in [5, 5.41) is 0. The lowest BCUT2D eigenvalue weighted by atomic mass is 10.0. The molecule has 0 spiro atoms. The molecule has 178 valence electrons. The number of benzene rings is 5. The first kappa shape index (κ1) is 23.4. The molecule has 0 atom stereocenters. The van der Waals surface area contributed by atoms with Gasteiger partial charge in [0, 0.05) is 22.7 Å². The third-order valence-electron chi connectivity index (χ3n) is 6.81. The molecule has 0 aromatic heterocycles. The van der Waals surface area contributed by atoms with Gasteiger partial charge >= 0.3 is 0 Å². The van der Waals surface area contributed by atoms with Gasteiger partial charge in [-0.3, -0.25) is 0 Å². The molecule has 0 bridgehead atoms. The van der Waals surface area contributed by atoms with E-state index in [4.69, 9.17) is 0 Å². The van der Waals surface area contributed by atoms with Gasteiger partial charge in [-0.25, -0.2) is 0 Å². The first-order chi connectivity index (χ1) is 17.6. The first-order valence-corrected chi connectivity index (χ1v) is 12.5. The van der Waals surface area contributed by atoms with Gasteiger partial charge in [0.15, 0.2) is 0 Å². The summed E-state index contributed by atoms with van der Waals surface area (Å²) in [6.07, 6.45) is 0. The second-order valence-corrected chi connectivity index (χ2v) is 9.29. The van der Waals surface area contributed by atoms with E-state index < -0.39 is 0 Å². The van der Waals surface area contributed by atoms with Crippen LogP contribution in [0.25, 0.3) is 0 Å². The highest BCUT2D eigenvalue weighted by atomic mass is 15.2. The molecule has 0 heterocycles. The Balaban J connectivity index is 1.78. The van der Waals surface area contributed by atoms with Crippen LogP contribution in [0, 0.1) is 27.7 Å². The zero-order valence-electron chi connectivity index (χ0n) is 21.4. The smallest absolute Gasteiger partial charge is 0.0541 e. The number of aryl methyl sites for hydroxylation is 3. The lowest BCUT2D eigenvalue weighted by molar-refractivity contribution is 1.17. The van der Waals surface area contributed by atoms with Crippen LogP contribution in [0.1, 0.15) is 22.3 Å². The number of para-hydroxylation sites is 4. The highest BCUT2D eigenvalue weighted by Crippen LogP contribution is 2.46. The van der Waals surface area contributed by atoms with Crippen molar-refractivity contribution in [2.45, 2.75) is 27.7 Å². The van der Waals surface area contributed by atoms with Gasteiger partial charge in [0.25, 0.3) is 0 Å². The van der Waals surface area contributed by atoms with Crippen LogP contribution in [0.15, 0.2) is 121 Å². The monoisotopic (exact) mass is 468 g/mol. The Morgan fingerprint density at radius 1 is 0.361 bits per heavy atom. The molecule has 5 aromatic rings.